The number of nitrogens with two attached hydrogens (primary N) is 1. The van der Waals surface area contributed by atoms with E-state index in [0.717, 1.165) is 11.0 Å². The zero-order chi connectivity index (χ0) is 28.2. The number of hydrogen-bond donors (Lipinski definition) is 1. The molecule has 1 amide bonds. The molecule has 2 N–H and O–H groups in total. The van der Waals surface area contributed by atoms with Crippen molar-refractivity contribution < 1.29 is 37.0 Å². The fraction of sp³-hybridized carbons (Fsp3) is 0.520. The summed E-state index contributed by atoms with van der Waals surface area (Å²) in [5.74, 6) is -0.314. The summed E-state index contributed by atoms with van der Waals surface area (Å²) >= 11 is 0. The Balaban J connectivity index is 2.29. The Kier molecular flexibility index (Phi) is 9.13. The summed E-state index contributed by atoms with van der Waals surface area (Å²) in [6, 6.07) is 4.89. The molecular formula is C25H33F3N4O5. The number of benzene rings is 1. The number of ether oxygens (including phenoxy) is 3. The molecule has 204 valence electrons. The van der Waals surface area contributed by atoms with E-state index in [-0.39, 0.29) is 35.5 Å². The molecule has 0 aliphatic rings. The first-order chi connectivity index (χ1) is 16.9. The predicted octanol–water partition coefficient (Wildman–Crippen LogP) is 5.81. The van der Waals surface area contributed by atoms with E-state index >= 15 is 0 Å². The molecule has 0 unspecified atom stereocenters. The monoisotopic (exact) mass is 526 g/mol. The fourth-order valence-corrected chi connectivity index (χ4v) is 3.43. The molecule has 9 nitrogen and oxygen atoms in total. The lowest BCUT2D eigenvalue weighted by atomic mass is 9.93. The highest BCUT2D eigenvalue weighted by Crippen LogP contribution is 2.39. The Morgan fingerprint density at radius 2 is 1.76 bits per heavy atom. The highest BCUT2D eigenvalue weighted by atomic mass is 19.4. The van der Waals surface area contributed by atoms with Crippen LogP contribution >= 0.6 is 0 Å². The van der Waals surface area contributed by atoms with E-state index in [4.69, 9.17) is 15.2 Å². The van der Waals surface area contributed by atoms with Crippen LogP contribution in [-0.2, 0) is 15.7 Å². The van der Waals surface area contributed by atoms with E-state index in [2.05, 4.69) is 14.7 Å². The molecule has 0 saturated heterocycles. The Hall–Kier alpha value is -3.41. The van der Waals surface area contributed by atoms with Crippen LogP contribution in [0.5, 0.6) is 5.75 Å². The van der Waals surface area contributed by atoms with Gasteiger partial charge in [0.2, 0.25) is 5.95 Å². The normalized spacial score (nSPS) is 13.6. The molecular weight excluding hydrogens is 493 g/mol. The van der Waals surface area contributed by atoms with Crippen molar-refractivity contribution in [2.75, 3.05) is 18.6 Å². The molecule has 0 bridgehead atoms. The predicted molar refractivity (Wildman–Crippen MR) is 131 cm³/mol. The molecule has 0 radical (unpaired) electrons. The largest absolute Gasteiger partial charge is 0.517 e. The smallest absolute Gasteiger partial charge is 0.491 e. The molecule has 37 heavy (non-hydrogen) atoms. The van der Waals surface area contributed by atoms with Gasteiger partial charge >= 0.3 is 18.4 Å². The second-order valence-electron chi connectivity index (χ2n) is 10.4. The highest BCUT2D eigenvalue weighted by molar-refractivity contribution is 5.91. The zero-order valence-corrected chi connectivity index (χ0v) is 22.0. The number of aromatic nitrogens is 2. The first-order valence-corrected chi connectivity index (χ1v) is 11.5. The van der Waals surface area contributed by atoms with Gasteiger partial charge in [-0.1, -0.05) is 13.8 Å². The number of halogens is 3. The third kappa shape index (κ3) is 9.19. The van der Waals surface area contributed by atoms with Crippen LogP contribution in [0.3, 0.4) is 0 Å². The molecule has 0 fully saturated rings. The lowest BCUT2D eigenvalue weighted by Crippen LogP contribution is -2.43. The van der Waals surface area contributed by atoms with E-state index in [0.29, 0.717) is 6.42 Å². The van der Waals surface area contributed by atoms with Gasteiger partial charge in [0.05, 0.1) is 11.3 Å². The third-order valence-corrected chi connectivity index (χ3v) is 4.79. The van der Waals surface area contributed by atoms with Crippen molar-refractivity contribution in [2.45, 2.75) is 65.3 Å². The van der Waals surface area contributed by atoms with Gasteiger partial charge in [-0.3, -0.25) is 0 Å². The summed E-state index contributed by atoms with van der Waals surface area (Å²) in [5.41, 5.74) is 3.70. The zero-order valence-electron chi connectivity index (χ0n) is 22.0. The second kappa shape index (κ2) is 11.3. The Morgan fingerprint density at radius 3 is 2.32 bits per heavy atom. The lowest BCUT2D eigenvalue weighted by Gasteiger charge is -2.27. The number of carbonyl (C=O) groups excluding carboxylic acids is 2. The molecule has 1 atom stereocenters. The maximum atomic E-state index is 13.9. The minimum atomic E-state index is -4.71. The van der Waals surface area contributed by atoms with Gasteiger partial charge in [0.25, 0.3) is 0 Å². The van der Waals surface area contributed by atoms with E-state index in [1.54, 1.807) is 27.7 Å². The van der Waals surface area contributed by atoms with Crippen LogP contribution in [0.15, 0.2) is 30.5 Å². The van der Waals surface area contributed by atoms with Gasteiger partial charge in [-0.05, 0) is 64.3 Å². The molecule has 1 heterocycles. The van der Waals surface area contributed by atoms with Crippen LogP contribution in [-0.4, -0.2) is 47.0 Å². The number of anilines is 1. The SMILES string of the molecule is CC(C)C[C@](C)(N)COc1ccc(-c2ccnc(N(C)C(=O)OC(=O)OC(C)(C)C)n2)cc1C(F)(F)F. The number of nitrogens with zero attached hydrogens (tertiary/aromatic N) is 3. The van der Waals surface area contributed by atoms with Gasteiger partial charge in [0, 0.05) is 24.3 Å². The number of rotatable bonds is 7. The number of carbonyl (C=O) groups is 2. The third-order valence-electron chi connectivity index (χ3n) is 4.79. The van der Waals surface area contributed by atoms with E-state index in [9.17, 15) is 22.8 Å². The van der Waals surface area contributed by atoms with E-state index in [1.165, 1.54) is 31.4 Å². The summed E-state index contributed by atoms with van der Waals surface area (Å²) in [6.07, 6.45) is -5.22. The minimum absolute atomic E-state index is 0.0995. The van der Waals surface area contributed by atoms with Crippen LogP contribution in [0.1, 0.15) is 53.5 Å². The van der Waals surface area contributed by atoms with Gasteiger partial charge in [0.1, 0.15) is 18.0 Å². The summed E-state index contributed by atoms with van der Waals surface area (Å²) in [6.45, 7) is 10.3. The fourth-order valence-electron chi connectivity index (χ4n) is 3.43. The van der Waals surface area contributed by atoms with Crippen LogP contribution in [0.2, 0.25) is 0 Å². The van der Waals surface area contributed by atoms with Gasteiger partial charge in [-0.2, -0.15) is 13.2 Å². The van der Waals surface area contributed by atoms with Gasteiger partial charge in [-0.15, -0.1) is 0 Å². The molecule has 12 heteroatoms. The van der Waals surface area contributed by atoms with Crippen LogP contribution < -0.4 is 15.4 Å². The first kappa shape index (κ1) is 29.8. The molecule has 0 spiro atoms. The molecule has 0 saturated carbocycles. The van der Waals surface area contributed by atoms with Crippen LogP contribution in [0.25, 0.3) is 11.3 Å². The summed E-state index contributed by atoms with van der Waals surface area (Å²) in [7, 11) is 1.24. The number of alkyl halides is 3. The average molecular weight is 527 g/mol. The summed E-state index contributed by atoms with van der Waals surface area (Å²) in [4.78, 5) is 33.0. The van der Waals surface area contributed by atoms with Crippen molar-refractivity contribution in [1.29, 1.82) is 0 Å². The minimum Gasteiger partial charge on any atom is -0.491 e. The number of hydrogen-bond acceptors (Lipinski definition) is 8. The number of amides is 1. The lowest BCUT2D eigenvalue weighted by molar-refractivity contribution is -0.139. The molecule has 1 aromatic carbocycles. The van der Waals surface area contributed by atoms with Crippen molar-refractivity contribution in [3.63, 3.8) is 0 Å². The first-order valence-electron chi connectivity index (χ1n) is 11.5. The molecule has 0 aliphatic carbocycles. The summed E-state index contributed by atoms with van der Waals surface area (Å²) < 4.78 is 56.6. The highest BCUT2D eigenvalue weighted by Gasteiger charge is 2.35. The maximum Gasteiger partial charge on any atom is 0.517 e. The Morgan fingerprint density at radius 1 is 1.11 bits per heavy atom. The standard InChI is InChI=1S/C25H33F3N4O5/c1-15(2)13-24(6,29)14-35-19-9-8-16(12-17(19)25(26,27)28)18-10-11-30-20(31-18)32(7)21(33)36-22(34)37-23(3,4)5/h8-12,15H,13-14,29H2,1-7H3/t24-/m0/s1. The van der Waals surface area contributed by atoms with Crippen LogP contribution in [0, 0.1) is 5.92 Å². The average Bonchev–Trinajstić information content (AvgIpc) is 2.74. The van der Waals surface area contributed by atoms with Crippen LogP contribution in [0.4, 0.5) is 28.7 Å². The molecule has 2 aromatic rings. The van der Waals surface area contributed by atoms with Crippen molar-refractivity contribution >= 4 is 18.2 Å². The van der Waals surface area contributed by atoms with E-state index in [1.807, 2.05) is 13.8 Å². The Bertz CT molecular complexity index is 1110. The topological polar surface area (TPSA) is 117 Å². The molecule has 1 aromatic heterocycles. The van der Waals surface area contributed by atoms with Gasteiger partial charge in [0.15, 0.2) is 0 Å². The van der Waals surface area contributed by atoms with Crippen molar-refractivity contribution in [1.82, 2.24) is 9.97 Å². The van der Waals surface area contributed by atoms with E-state index < -0.39 is 35.1 Å². The van der Waals surface area contributed by atoms with Crippen molar-refractivity contribution in [3.05, 3.63) is 36.0 Å². The molecule has 2 rings (SSSR count). The maximum absolute atomic E-state index is 13.9. The second-order valence-corrected chi connectivity index (χ2v) is 10.4. The summed E-state index contributed by atoms with van der Waals surface area (Å²) in [5, 5.41) is 0. The quantitative estimate of drug-likeness (QED) is 0.355. The van der Waals surface area contributed by atoms with Crippen molar-refractivity contribution in [2.24, 2.45) is 11.7 Å². The molecule has 0 aliphatic heterocycles. The van der Waals surface area contributed by atoms with Gasteiger partial charge in [-0.25, -0.2) is 24.5 Å². The van der Waals surface area contributed by atoms with Crippen molar-refractivity contribution in [3.8, 4) is 17.0 Å². The van der Waals surface area contributed by atoms with Gasteiger partial charge < -0.3 is 19.9 Å². The Labute approximate surface area is 214 Å².